The maximum absolute atomic E-state index is 12.2. The summed E-state index contributed by atoms with van der Waals surface area (Å²) >= 11 is 1.35. The van der Waals surface area contributed by atoms with Crippen molar-refractivity contribution < 1.29 is 17.9 Å². The monoisotopic (exact) mass is 380 g/mol. The van der Waals surface area contributed by atoms with E-state index in [1.165, 1.54) is 16.9 Å². The molecule has 1 aromatic carbocycles. The second-order valence-electron chi connectivity index (χ2n) is 6.23. The van der Waals surface area contributed by atoms with Crippen LogP contribution in [0.2, 0.25) is 0 Å². The molecular formula is C17H20N2O4S2. The molecule has 1 aliphatic heterocycles. The first-order valence-corrected chi connectivity index (χ1v) is 10.6. The summed E-state index contributed by atoms with van der Waals surface area (Å²) in [6.07, 6.45) is 1.32. The number of amides is 1. The van der Waals surface area contributed by atoms with Crippen molar-refractivity contribution >= 4 is 27.3 Å². The standard InChI is InChI=1S/C17H20N2O4S2/c1-12-2-4-13(5-3-12)8-16-18-15(10-24-16)17(20)19-25(21,22)11-14-6-7-23-9-14/h2-5,10,14H,6-9,11H2,1H3,(H,19,20). The lowest BCUT2D eigenvalue weighted by Gasteiger charge is -2.09. The Hall–Kier alpha value is -1.77. The Kier molecular flexibility index (Phi) is 5.51. The van der Waals surface area contributed by atoms with Crippen LogP contribution in [0.25, 0.3) is 0 Å². The van der Waals surface area contributed by atoms with Gasteiger partial charge in [0.2, 0.25) is 10.0 Å². The molecule has 1 fully saturated rings. The molecule has 1 aromatic heterocycles. The first-order chi connectivity index (χ1) is 11.9. The number of nitrogens with zero attached hydrogens (tertiary/aromatic N) is 1. The normalized spacial score (nSPS) is 17.6. The fourth-order valence-electron chi connectivity index (χ4n) is 2.64. The maximum Gasteiger partial charge on any atom is 0.284 e. The molecule has 1 amide bonds. The predicted octanol–water partition coefficient (Wildman–Crippen LogP) is 2.14. The molecular weight excluding hydrogens is 360 g/mol. The average molecular weight is 380 g/mol. The molecule has 0 radical (unpaired) electrons. The Labute approximate surface area is 151 Å². The van der Waals surface area contributed by atoms with E-state index in [0.29, 0.717) is 26.1 Å². The Morgan fingerprint density at radius 2 is 2.12 bits per heavy atom. The van der Waals surface area contributed by atoms with Crippen molar-refractivity contribution in [2.24, 2.45) is 5.92 Å². The van der Waals surface area contributed by atoms with Crippen LogP contribution in [-0.4, -0.2) is 38.3 Å². The molecule has 2 heterocycles. The van der Waals surface area contributed by atoms with Crippen LogP contribution < -0.4 is 4.72 Å². The zero-order valence-corrected chi connectivity index (χ0v) is 15.5. The summed E-state index contributed by atoms with van der Waals surface area (Å²) in [6.45, 7) is 3.02. The highest BCUT2D eigenvalue weighted by Crippen LogP contribution is 2.17. The molecule has 6 nitrogen and oxygen atoms in total. The van der Waals surface area contributed by atoms with E-state index in [1.807, 2.05) is 31.2 Å². The smallest absolute Gasteiger partial charge is 0.284 e. The Bertz CT molecular complexity index is 838. The van der Waals surface area contributed by atoms with Gasteiger partial charge in [0.1, 0.15) is 5.69 Å². The second-order valence-corrected chi connectivity index (χ2v) is 8.94. The minimum Gasteiger partial charge on any atom is -0.381 e. The Balaban J connectivity index is 1.60. The number of rotatable bonds is 6. The van der Waals surface area contributed by atoms with Crippen molar-refractivity contribution in [2.75, 3.05) is 19.0 Å². The Morgan fingerprint density at radius 3 is 2.80 bits per heavy atom. The van der Waals surface area contributed by atoms with E-state index in [1.54, 1.807) is 5.38 Å². The first kappa shape index (κ1) is 18.0. The number of aromatic nitrogens is 1. The predicted molar refractivity (Wildman–Crippen MR) is 96.3 cm³/mol. The minimum absolute atomic E-state index is 0.0576. The molecule has 1 atom stereocenters. The van der Waals surface area contributed by atoms with Crippen LogP contribution in [0.4, 0.5) is 0 Å². The highest BCUT2D eigenvalue weighted by atomic mass is 32.2. The number of hydrogen-bond acceptors (Lipinski definition) is 6. The summed E-state index contributed by atoms with van der Waals surface area (Å²) in [4.78, 5) is 16.4. The molecule has 134 valence electrons. The summed E-state index contributed by atoms with van der Waals surface area (Å²) in [7, 11) is -3.68. The SMILES string of the molecule is Cc1ccc(Cc2nc(C(=O)NS(=O)(=O)CC3CCOC3)cs2)cc1. The van der Waals surface area contributed by atoms with E-state index >= 15 is 0 Å². The molecule has 1 aliphatic rings. The van der Waals surface area contributed by atoms with Gasteiger partial charge in [-0.05, 0) is 18.9 Å². The quantitative estimate of drug-likeness (QED) is 0.830. The van der Waals surface area contributed by atoms with E-state index in [2.05, 4.69) is 9.71 Å². The number of sulfonamides is 1. The highest BCUT2D eigenvalue weighted by Gasteiger charge is 2.25. The van der Waals surface area contributed by atoms with Gasteiger partial charge in [-0.25, -0.2) is 18.1 Å². The lowest BCUT2D eigenvalue weighted by atomic mass is 10.1. The fourth-order valence-corrected chi connectivity index (χ4v) is 4.80. The molecule has 0 bridgehead atoms. The molecule has 0 spiro atoms. The van der Waals surface area contributed by atoms with E-state index < -0.39 is 15.9 Å². The lowest BCUT2D eigenvalue weighted by Crippen LogP contribution is -2.35. The van der Waals surface area contributed by atoms with Crippen molar-refractivity contribution in [3.8, 4) is 0 Å². The third-order valence-corrected chi connectivity index (χ3v) is 6.24. The van der Waals surface area contributed by atoms with Gasteiger partial charge in [-0.1, -0.05) is 29.8 Å². The molecule has 0 saturated carbocycles. The molecule has 2 aromatic rings. The molecule has 8 heteroatoms. The van der Waals surface area contributed by atoms with E-state index in [-0.39, 0.29) is 17.4 Å². The van der Waals surface area contributed by atoms with Crippen LogP contribution in [0.3, 0.4) is 0 Å². The molecule has 1 unspecified atom stereocenters. The summed E-state index contributed by atoms with van der Waals surface area (Å²) in [5.74, 6) is -0.831. The van der Waals surface area contributed by atoms with Gasteiger partial charge in [-0.3, -0.25) is 4.79 Å². The summed E-state index contributed by atoms with van der Waals surface area (Å²) in [5, 5.41) is 2.36. The lowest BCUT2D eigenvalue weighted by molar-refractivity contribution is 0.0977. The number of thiazole rings is 1. The molecule has 0 aliphatic carbocycles. The average Bonchev–Trinajstić information content (AvgIpc) is 3.20. The van der Waals surface area contributed by atoms with Gasteiger partial charge in [0, 0.05) is 24.3 Å². The number of hydrogen-bond donors (Lipinski definition) is 1. The van der Waals surface area contributed by atoms with Gasteiger partial charge in [0.25, 0.3) is 5.91 Å². The van der Waals surface area contributed by atoms with Gasteiger partial charge < -0.3 is 4.74 Å². The number of carbonyl (C=O) groups excluding carboxylic acids is 1. The summed E-state index contributed by atoms with van der Waals surface area (Å²) < 4.78 is 31.5. The van der Waals surface area contributed by atoms with Crippen molar-refractivity contribution in [1.82, 2.24) is 9.71 Å². The second kappa shape index (κ2) is 7.63. The number of carbonyl (C=O) groups is 1. The number of ether oxygens (including phenoxy) is 1. The minimum atomic E-state index is -3.68. The first-order valence-electron chi connectivity index (χ1n) is 8.04. The zero-order valence-electron chi connectivity index (χ0n) is 13.9. The topological polar surface area (TPSA) is 85.4 Å². The van der Waals surface area contributed by atoms with Crippen LogP contribution >= 0.6 is 11.3 Å². The third kappa shape index (κ3) is 5.10. The molecule has 1 N–H and O–H groups in total. The van der Waals surface area contributed by atoms with Crippen LogP contribution in [-0.2, 0) is 21.2 Å². The van der Waals surface area contributed by atoms with Crippen LogP contribution in [0, 0.1) is 12.8 Å². The van der Waals surface area contributed by atoms with Gasteiger partial charge >= 0.3 is 0 Å². The maximum atomic E-state index is 12.2. The fraction of sp³-hybridized carbons (Fsp3) is 0.412. The van der Waals surface area contributed by atoms with Crippen molar-refractivity contribution in [1.29, 1.82) is 0 Å². The number of aryl methyl sites for hydroxylation is 1. The van der Waals surface area contributed by atoms with Gasteiger partial charge in [0.05, 0.1) is 17.4 Å². The third-order valence-electron chi connectivity index (χ3n) is 3.99. The number of benzene rings is 1. The van der Waals surface area contributed by atoms with Crippen LogP contribution in [0.5, 0.6) is 0 Å². The van der Waals surface area contributed by atoms with Crippen molar-refractivity contribution in [3.05, 3.63) is 51.5 Å². The number of nitrogens with one attached hydrogen (secondary N) is 1. The van der Waals surface area contributed by atoms with Gasteiger partial charge in [-0.15, -0.1) is 11.3 Å². The van der Waals surface area contributed by atoms with E-state index in [9.17, 15) is 13.2 Å². The summed E-state index contributed by atoms with van der Waals surface area (Å²) in [5.41, 5.74) is 2.42. The van der Waals surface area contributed by atoms with Crippen LogP contribution in [0.15, 0.2) is 29.6 Å². The van der Waals surface area contributed by atoms with Crippen molar-refractivity contribution in [2.45, 2.75) is 19.8 Å². The van der Waals surface area contributed by atoms with Gasteiger partial charge in [-0.2, -0.15) is 0 Å². The van der Waals surface area contributed by atoms with Crippen molar-refractivity contribution in [3.63, 3.8) is 0 Å². The van der Waals surface area contributed by atoms with Gasteiger partial charge in [0.15, 0.2) is 0 Å². The molecule has 3 rings (SSSR count). The highest BCUT2D eigenvalue weighted by molar-refractivity contribution is 7.90. The molecule has 1 saturated heterocycles. The van der Waals surface area contributed by atoms with E-state index in [0.717, 1.165) is 10.6 Å². The van der Waals surface area contributed by atoms with E-state index in [4.69, 9.17) is 4.74 Å². The van der Waals surface area contributed by atoms with Crippen LogP contribution in [0.1, 0.15) is 33.0 Å². The Morgan fingerprint density at radius 1 is 1.36 bits per heavy atom. The molecule has 25 heavy (non-hydrogen) atoms. The zero-order chi connectivity index (χ0) is 17.9. The summed E-state index contributed by atoms with van der Waals surface area (Å²) in [6, 6.07) is 8.08. The largest absolute Gasteiger partial charge is 0.381 e.